The Morgan fingerprint density at radius 3 is 2.77 bits per heavy atom. The van der Waals surface area contributed by atoms with Crippen molar-refractivity contribution in [1.29, 1.82) is 0 Å². The third kappa shape index (κ3) is 1.84. The molecular weight excluding hydrogens is 296 g/mol. The Balaban J connectivity index is 2.00. The molecule has 0 saturated heterocycles. The van der Waals surface area contributed by atoms with Crippen molar-refractivity contribution in [2.75, 3.05) is 12.8 Å². The molecule has 5 nitrogen and oxygen atoms in total. The summed E-state index contributed by atoms with van der Waals surface area (Å²) in [6, 6.07) is 12.0. The molecule has 0 atom stereocenters. The number of ether oxygens (including phenoxy) is 1. The summed E-state index contributed by atoms with van der Waals surface area (Å²) in [6.07, 6.45) is 0. The smallest absolute Gasteiger partial charge is 0.217 e. The van der Waals surface area contributed by atoms with Gasteiger partial charge in [-0.15, -0.1) is 10.2 Å². The first kappa shape index (κ1) is 13.1. The predicted octanol–water partition coefficient (Wildman–Crippen LogP) is 3.51. The Labute approximate surface area is 131 Å². The molecule has 0 aliphatic carbocycles. The first-order valence-electron chi connectivity index (χ1n) is 6.85. The van der Waals surface area contributed by atoms with Gasteiger partial charge in [-0.25, -0.2) is 0 Å². The fourth-order valence-electron chi connectivity index (χ4n) is 2.51. The number of thiazole rings is 1. The van der Waals surface area contributed by atoms with Gasteiger partial charge in [0, 0.05) is 11.3 Å². The molecule has 0 aliphatic rings. The third-order valence-electron chi connectivity index (χ3n) is 3.78. The molecule has 110 valence electrons. The molecule has 2 N–H and O–H groups in total. The summed E-state index contributed by atoms with van der Waals surface area (Å²) < 4.78 is 8.46. The highest BCUT2D eigenvalue weighted by Crippen LogP contribution is 2.32. The summed E-state index contributed by atoms with van der Waals surface area (Å²) in [5.41, 5.74) is 9.88. The number of aryl methyl sites for hydroxylation is 1. The maximum absolute atomic E-state index is 6.03. The topological polar surface area (TPSA) is 65.4 Å². The van der Waals surface area contributed by atoms with Gasteiger partial charge in [0.1, 0.15) is 5.75 Å². The van der Waals surface area contributed by atoms with Gasteiger partial charge in [0.05, 0.1) is 17.3 Å². The average molecular weight is 310 g/mol. The number of hydrogen-bond acceptors (Lipinski definition) is 5. The van der Waals surface area contributed by atoms with E-state index in [1.165, 1.54) is 0 Å². The molecule has 0 saturated carbocycles. The Kier molecular flexibility index (Phi) is 2.80. The quantitative estimate of drug-likeness (QED) is 0.575. The van der Waals surface area contributed by atoms with Gasteiger partial charge in [-0.05, 0) is 36.8 Å². The van der Waals surface area contributed by atoms with Crippen LogP contribution in [-0.2, 0) is 0 Å². The highest BCUT2D eigenvalue weighted by molar-refractivity contribution is 7.23. The van der Waals surface area contributed by atoms with Gasteiger partial charge in [0.2, 0.25) is 4.96 Å². The van der Waals surface area contributed by atoms with Gasteiger partial charge in [-0.2, -0.15) is 0 Å². The highest BCUT2D eigenvalue weighted by Gasteiger charge is 2.14. The molecule has 22 heavy (non-hydrogen) atoms. The minimum absolute atomic E-state index is 0.760. The zero-order valence-corrected chi connectivity index (χ0v) is 13.0. The van der Waals surface area contributed by atoms with E-state index >= 15 is 0 Å². The van der Waals surface area contributed by atoms with Crippen molar-refractivity contribution in [3.8, 4) is 17.1 Å². The van der Waals surface area contributed by atoms with Crippen LogP contribution in [0, 0.1) is 6.92 Å². The number of methoxy groups -OCH3 is 1. The van der Waals surface area contributed by atoms with Crippen LogP contribution in [0.25, 0.3) is 26.6 Å². The Morgan fingerprint density at radius 2 is 2.00 bits per heavy atom. The second kappa shape index (κ2) is 4.71. The van der Waals surface area contributed by atoms with Crippen molar-refractivity contribution in [2.45, 2.75) is 6.92 Å². The number of nitrogens with two attached hydrogens (primary N) is 1. The minimum atomic E-state index is 0.760. The molecule has 4 aromatic rings. The van der Waals surface area contributed by atoms with Gasteiger partial charge in [0.25, 0.3) is 0 Å². The van der Waals surface area contributed by atoms with Crippen LogP contribution in [0.3, 0.4) is 0 Å². The van der Waals surface area contributed by atoms with E-state index in [1.807, 2.05) is 43.3 Å². The second-order valence-corrected chi connectivity index (χ2v) is 6.16. The van der Waals surface area contributed by atoms with E-state index < -0.39 is 0 Å². The van der Waals surface area contributed by atoms with Crippen molar-refractivity contribution >= 4 is 32.2 Å². The number of benzene rings is 2. The average Bonchev–Trinajstić information content (AvgIpc) is 3.08. The van der Waals surface area contributed by atoms with Gasteiger partial charge in [-0.1, -0.05) is 23.5 Å². The largest absolute Gasteiger partial charge is 0.497 e. The highest BCUT2D eigenvalue weighted by atomic mass is 32.1. The van der Waals surface area contributed by atoms with Gasteiger partial charge < -0.3 is 10.5 Å². The van der Waals surface area contributed by atoms with Crippen molar-refractivity contribution in [3.63, 3.8) is 0 Å². The zero-order chi connectivity index (χ0) is 15.3. The summed E-state index contributed by atoms with van der Waals surface area (Å²) in [5, 5.41) is 8.62. The van der Waals surface area contributed by atoms with Crippen LogP contribution in [0.5, 0.6) is 5.75 Å². The lowest BCUT2D eigenvalue weighted by Crippen LogP contribution is -1.93. The molecule has 0 unspecified atom stereocenters. The number of fused-ring (bicyclic) bond motifs is 3. The van der Waals surface area contributed by atoms with E-state index in [0.717, 1.165) is 43.6 Å². The molecule has 0 aliphatic heterocycles. The maximum atomic E-state index is 6.03. The van der Waals surface area contributed by atoms with Crippen molar-refractivity contribution in [2.24, 2.45) is 0 Å². The molecule has 0 fully saturated rings. The van der Waals surface area contributed by atoms with E-state index in [2.05, 4.69) is 14.6 Å². The second-order valence-electron chi connectivity index (χ2n) is 5.15. The lowest BCUT2D eigenvalue weighted by molar-refractivity contribution is 0.415. The fourth-order valence-corrected chi connectivity index (χ4v) is 3.50. The monoisotopic (exact) mass is 310 g/mol. The summed E-state index contributed by atoms with van der Waals surface area (Å²) in [6.45, 7) is 1.99. The Bertz CT molecular complexity index is 1000. The molecule has 6 heteroatoms. The number of nitrogen functional groups attached to an aromatic ring is 1. The van der Waals surface area contributed by atoms with Crippen molar-refractivity contribution in [1.82, 2.24) is 14.6 Å². The third-order valence-corrected chi connectivity index (χ3v) is 4.77. The van der Waals surface area contributed by atoms with Gasteiger partial charge >= 0.3 is 0 Å². The SMILES string of the molecule is COc1ccc2c(c1)sc1nnc(-c3ccc(C)c(N)c3)n12. The molecule has 0 spiro atoms. The molecule has 2 aromatic carbocycles. The molecule has 0 bridgehead atoms. The van der Waals surface area contributed by atoms with Crippen LogP contribution >= 0.6 is 11.3 Å². The number of anilines is 1. The standard InChI is InChI=1S/C16H14N4OS/c1-9-3-4-10(7-12(9)17)15-18-19-16-20(15)13-6-5-11(21-2)8-14(13)22-16/h3-8H,17H2,1-2H3. The van der Waals surface area contributed by atoms with Crippen LogP contribution in [0.1, 0.15) is 5.56 Å². The minimum Gasteiger partial charge on any atom is -0.497 e. The summed E-state index contributed by atoms with van der Waals surface area (Å²) in [7, 11) is 1.67. The van der Waals surface area contributed by atoms with E-state index in [9.17, 15) is 0 Å². The normalized spacial score (nSPS) is 11.4. The number of rotatable bonds is 2. The Hall–Kier alpha value is -2.60. The van der Waals surface area contributed by atoms with Crippen LogP contribution in [0.4, 0.5) is 5.69 Å². The molecular formula is C16H14N4OS. The van der Waals surface area contributed by atoms with Gasteiger partial charge in [0.15, 0.2) is 5.82 Å². The summed E-state index contributed by atoms with van der Waals surface area (Å²) in [5.74, 6) is 1.64. The summed E-state index contributed by atoms with van der Waals surface area (Å²) in [4.78, 5) is 0.859. The molecule has 2 heterocycles. The van der Waals surface area contributed by atoms with E-state index in [-0.39, 0.29) is 0 Å². The van der Waals surface area contributed by atoms with Crippen LogP contribution in [-0.4, -0.2) is 21.7 Å². The van der Waals surface area contributed by atoms with E-state index in [0.29, 0.717) is 0 Å². The molecule has 2 aromatic heterocycles. The number of nitrogens with zero attached hydrogens (tertiary/aromatic N) is 3. The molecule has 0 amide bonds. The van der Waals surface area contributed by atoms with E-state index in [1.54, 1.807) is 18.4 Å². The zero-order valence-electron chi connectivity index (χ0n) is 12.2. The van der Waals surface area contributed by atoms with Crippen LogP contribution in [0.2, 0.25) is 0 Å². The first-order valence-corrected chi connectivity index (χ1v) is 7.67. The number of aromatic nitrogens is 3. The summed E-state index contributed by atoms with van der Waals surface area (Å²) >= 11 is 1.59. The van der Waals surface area contributed by atoms with Crippen LogP contribution < -0.4 is 10.5 Å². The van der Waals surface area contributed by atoms with Crippen molar-refractivity contribution in [3.05, 3.63) is 42.0 Å². The van der Waals surface area contributed by atoms with E-state index in [4.69, 9.17) is 10.5 Å². The molecule has 4 rings (SSSR count). The predicted molar refractivity (Wildman–Crippen MR) is 89.5 cm³/mol. The first-order chi connectivity index (χ1) is 10.7. The van der Waals surface area contributed by atoms with Crippen molar-refractivity contribution < 1.29 is 4.74 Å². The number of hydrogen-bond donors (Lipinski definition) is 1. The van der Waals surface area contributed by atoms with Crippen LogP contribution in [0.15, 0.2) is 36.4 Å². The lowest BCUT2D eigenvalue weighted by atomic mass is 10.1. The van der Waals surface area contributed by atoms with Gasteiger partial charge in [-0.3, -0.25) is 4.40 Å². The lowest BCUT2D eigenvalue weighted by Gasteiger charge is -2.04. The maximum Gasteiger partial charge on any atom is 0.217 e. The Morgan fingerprint density at radius 1 is 1.14 bits per heavy atom. The fraction of sp³-hybridized carbons (Fsp3) is 0.125. The molecule has 0 radical (unpaired) electrons.